The smallest absolute Gasteiger partial charge is 0.272 e. The molecule has 4 rings (SSSR count). The zero-order valence-corrected chi connectivity index (χ0v) is 18.5. The van der Waals surface area contributed by atoms with Crippen LogP contribution in [0.4, 0.5) is 0 Å². The zero-order valence-electron chi connectivity index (χ0n) is 18.5. The molecule has 2 aromatic rings. The molecule has 0 radical (unpaired) electrons. The maximum Gasteiger partial charge on any atom is 0.272 e. The summed E-state index contributed by atoms with van der Waals surface area (Å²) in [5.41, 5.74) is 2.78. The number of methoxy groups -OCH3 is 1. The first-order chi connectivity index (χ1) is 15.1. The molecule has 2 aliphatic heterocycles. The van der Waals surface area contributed by atoms with Crippen molar-refractivity contribution in [1.82, 2.24) is 19.6 Å². The van der Waals surface area contributed by atoms with E-state index in [1.54, 1.807) is 7.11 Å². The number of carbonyl (C=O) groups is 2. The van der Waals surface area contributed by atoms with Crippen LogP contribution >= 0.6 is 0 Å². The highest BCUT2D eigenvalue weighted by atomic mass is 16.5. The van der Waals surface area contributed by atoms with Crippen molar-refractivity contribution in [2.75, 3.05) is 33.3 Å². The van der Waals surface area contributed by atoms with Gasteiger partial charge in [-0.05, 0) is 56.4 Å². The number of likely N-dealkylation sites (tertiary alicyclic amines) is 1. The first kappa shape index (κ1) is 21.4. The summed E-state index contributed by atoms with van der Waals surface area (Å²) in [5, 5.41) is 4.78. The Labute approximate surface area is 184 Å². The highest BCUT2D eigenvalue weighted by Gasteiger charge is 2.29. The summed E-state index contributed by atoms with van der Waals surface area (Å²) in [4.78, 5) is 29.5. The monoisotopic (exact) mass is 424 g/mol. The highest BCUT2D eigenvalue weighted by Crippen LogP contribution is 2.28. The van der Waals surface area contributed by atoms with Crippen LogP contribution in [0.2, 0.25) is 0 Å². The Morgan fingerprint density at radius 1 is 1.16 bits per heavy atom. The molecule has 3 heterocycles. The van der Waals surface area contributed by atoms with Crippen LogP contribution in [-0.2, 0) is 17.8 Å². The van der Waals surface area contributed by atoms with Crippen molar-refractivity contribution in [3.63, 3.8) is 0 Å². The van der Waals surface area contributed by atoms with Gasteiger partial charge in [-0.3, -0.25) is 14.3 Å². The van der Waals surface area contributed by atoms with Crippen molar-refractivity contribution in [2.24, 2.45) is 0 Å². The summed E-state index contributed by atoms with van der Waals surface area (Å²) in [6.07, 6.45) is 4.13. The van der Waals surface area contributed by atoms with Gasteiger partial charge in [0.25, 0.3) is 5.91 Å². The van der Waals surface area contributed by atoms with Crippen LogP contribution in [0.15, 0.2) is 30.3 Å². The fourth-order valence-electron chi connectivity index (χ4n) is 4.60. The number of nitrogens with zero attached hydrogens (tertiary/aromatic N) is 4. The van der Waals surface area contributed by atoms with Crippen LogP contribution in [-0.4, -0.2) is 64.7 Å². The molecule has 0 bridgehead atoms. The number of hydrogen-bond acceptors (Lipinski definition) is 4. The number of rotatable bonds is 6. The predicted molar refractivity (Wildman–Crippen MR) is 118 cm³/mol. The van der Waals surface area contributed by atoms with E-state index in [0.717, 1.165) is 68.9 Å². The molecule has 166 valence electrons. The molecule has 2 amide bonds. The Balaban J connectivity index is 1.38. The topological polar surface area (TPSA) is 67.7 Å². The molecule has 7 heteroatoms. The first-order valence-electron chi connectivity index (χ1n) is 11.4. The molecular formula is C24H32N4O3. The Hall–Kier alpha value is -2.83. The SMILES string of the molecule is CCN1CCCn2nc(C3CCCN(C(=O)CCc4ccc(OC)cc4)C3)cc2C1=O. The van der Waals surface area contributed by atoms with Gasteiger partial charge < -0.3 is 14.5 Å². The van der Waals surface area contributed by atoms with Crippen molar-refractivity contribution in [2.45, 2.75) is 51.5 Å². The summed E-state index contributed by atoms with van der Waals surface area (Å²) < 4.78 is 7.07. The van der Waals surface area contributed by atoms with Gasteiger partial charge in [-0.25, -0.2) is 0 Å². The molecule has 1 fully saturated rings. The van der Waals surface area contributed by atoms with Crippen LogP contribution in [0, 0.1) is 0 Å². The Morgan fingerprint density at radius 3 is 2.71 bits per heavy atom. The molecule has 1 aromatic carbocycles. The molecule has 1 unspecified atom stereocenters. The van der Waals surface area contributed by atoms with E-state index in [9.17, 15) is 9.59 Å². The third-order valence-electron chi connectivity index (χ3n) is 6.46. The van der Waals surface area contributed by atoms with E-state index in [0.29, 0.717) is 18.7 Å². The summed E-state index contributed by atoms with van der Waals surface area (Å²) in [6, 6.07) is 9.85. The maximum atomic E-state index is 12.9. The normalized spacial score (nSPS) is 19.2. The molecule has 1 atom stereocenters. The van der Waals surface area contributed by atoms with E-state index in [1.807, 2.05) is 51.7 Å². The largest absolute Gasteiger partial charge is 0.497 e. The predicted octanol–water partition coefficient (Wildman–Crippen LogP) is 3.10. The lowest BCUT2D eigenvalue weighted by atomic mass is 9.94. The Bertz CT molecular complexity index is 921. The summed E-state index contributed by atoms with van der Waals surface area (Å²) >= 11 is 0. The van der Waals surface area contributed by atoms with Crippen molar-refractivity contribution >= 4 is 11.8 Å². The van der Waals surface area contributed by atoms with Gasteiger partial charge in [0.05, 0.1) is 12.8 Å². The minimum atomic E-state index is 0.0713. The number of aryl methyl sites for hydroxylation is 2. The third-order valence-corrected chi connectivity index (χ3v) is 6.46. The fourth-order valence-corrected chi connectivity index (χ4v) is 4.60. The quantitative estimate of drug-likeness (QED) is 0.715. The Kier molecular flexibility index (Phi) is 6.59. The molecular weight excluding hydrogens is 392 g/mol. The number of ether oxygens (including phenoxy) is 1. The van der Waals surface area contributed by atoms with Gasteiger partial charge in [0.1, 0.15) is 11.4 Å². The molecule has 0 saturated carbocycles. The molecule has 2 aliphatic rings. The number of amides is 2. The molecule has 7 nitrogen and oxygen atoms in total. The van der Waals surface area contributed by atoms with Gasteiger partial charge in [-0.1, -0.05) is 12.1 Å². The fraction of sp³-hybridized carbons (Fsp3) is 0.542. The number of fused-ring (bicyclic) bond motifs is 1. The average Bonchev–Trinajstić information content (AvgIpc) is 3.18. The number of piperidine rings is 1. The van der Waals surface area contributed by atoms with E-state index in [-0.39, 0.29) is 17.7 Å². The van der Waals surface area contributed by atoms with Gasteiger partial charge in [-0.15, -0.1) is 0 Å². The van der Waals surface area contributed by atoms with E-state index in [4.69, 9.17) is 9.84 Å². The van der Waals surface area contributed by atoms with Crippen molar-refractivity contribution < 1.29 is 14.3 Å². The second-order valence-corrected chi connectivity index (χ2v) is 8.44. The number of hydrogen-bond donors (Lipinski definition) is 0. The molecule has 0 N–H and O–H groups in total. The second kappa shape index (κ2) is 9.54. The highest BCUT2D eigenvalue weighted by molar-refractivity contribution is 5.93. The van der Waals surface area contributed by atoms with Gasteiger partial charge in [-0.2, -0.15) is 5.10 Å². The zero-order chi connectivity index (χ0) is 21.8. The van der Waals surface area contributed by atoms with E-state index < -0.39 is 0 Å². The van der Waals surface area contributed by atoms with E-state index in [2.05, 4.69) is 0 Å². The van der Waals surface area contributed by atoms with Gasteiger partial charge in [0.15, 0.2) is 0 Å². The standard InChI is InChI=1S/C24H32N4O3/c1-3-26-14-5-15-28-22(24(26)30)16-21(25-28)19-6-4-13-27(17-19)23(29)12-9-18-7-10-20(31-2)11-8-18/h7-8,10-11,16,19H,3-6,9,12-15,17H2,1-2H3. The first-order valence-corrected chi connectivity index (χ1v) is 11.4. The van der Waals surface area contributed by atoms with Crippen LogP contribution in [0.3, 0.4) is 0 Å². The van der Waals surface area contributed by atoms with Gasteiger partial charge in [0.2, 0.25) is 5.91 Å². The minimum absolute atomic E-state index is 0.0713. The van der Waals surface area contributed by atoms with Crippen LogP contribution in [0.1, 0.15) is 60.3 Å². The lowest BCUT2D eigenvalue weighted by Gasteiger charge is -2.32. The lowest BCUT2D eigenvalue weighted by Crippen LogP contribution is -2.39. The summed E-state index contributed by atoms with van der Waals surface area (Å²) in [5.74, 6) is 1.28. The number of benzene rings is 1. The molecule has 31 heavy (non-hydrogen) atoms. The third kappa shape index (κ3) is 4.75. The molecule has 1 aromatic heterocycles. The van der Waals surface area contributed by atoms with Gasteiger partial charge in [0, 0.05) is 45.1 Å². The van der Waals surface area contributed by atoms with Crippen LogP contribution in [0.25, 0.3) is 0 Å². The van der Waals surface area contributed by atoms with Crippen molar-refractivity contribution in [3.8, 4) is 5.75 Å². The Morgan fingerprint density at radius 2 is 1.97 bits per heavy atom. The molecule has 0 aliphatic carbocycles. The number of aromatic nitrogens is 2. The molecule has 1 saturated heterocycles. The average molecular weight is 425 g/mol. The summed E-state index contributed by atoms with van der Waals surface area (Å²) in [7, 11) is 1.65. The molecule has 0 spiro atoms. The van der Waals surface area contributed by atoms with Crippen molar-refractivity contribution in [1.29, 1.82) is 0 Å². The second-order valence-electron chi connectivity index (χ2n) is 8.44. The van der Waals surface area contributed by atoms with Crippen LogP contribution in [0.5, 0.6) is 5.75 Å². The van der Waals surface area contributed by atoms with Crippen LogP contribution < -0.4 is 4.74 Å². The van der Waals surface area contributed by atoms with E-state index >= 15 is 0 Å². The van der Waals surface area contributed by atoms with Crippen molar-refractivity contribution in [3.05, 3.63) is 47.3 Å². The maximum absolute atomic E-state index is 12.9. The van der Waals surface area contributed by atoms with E-state index in [1.165, 1.54) is 0 Å². The number of carbonyl (C=O) groups excluding carboxylic acids is 2. The lowest BCUT2D eigenvalue weighted by molar-refractivity contribution is -0.132. The van der Waals surface area contributed by atoms with Gasteiger partial charge >= 0.3 is 0 Å². The minimum Gasteiger partial charge on any atom is -0.497 e. The summed E-state index contributed by atoms with van der Waals surface area (Å²) in [6.45, 7) is 5.78.